The summed E-state index contributed by atoms with van der Waals surface area (Å²) in [5, 5.41) is 2.21. The second-order valence-corrected chi connectivity index (χ2v) is 2.87. The maximum atomic E-state index is 12.2. The van der Waals surface area contributed by atoms with Crippen LogP contribution in [0.5, 0.6) is 0 Å². The third-order valence-corrected chi connectivity index (χ3v) is 1.69. The maximum Gasteiger partial charge on any atom is 0.433 e. The highest BCUT2D eigenvalue weighted by molar-refractivity contribution is 5.46. The first-order valence-electron chi connectivity index (χ1n) is 3.99. The standard InChI is InChI=1S/C8H6F6N2/c1-15-4-2-5(7(9,10)11)16-6(3-4)8(12,13)14/h2-3H,1H3,(H,15,16). The third kappa shape index (κ3) is 2.77. The zero-order valence-electron chi connectivity index (χ0n) is 7.87. The average molecular weight is 244 g/mol. The third-order valence-electron chi connectivity index (χ3n) is 1.69. The van der Waals surface area contributed by atoms with E-state index in [2.05, 4.69) is 10.3 Å². The van der Waals surface area contributed by atoms with E-state index in [-0.39, 0.29) is 5.69 Å². The molecular weight excluding hydrogens is 238 g/mol. The Morgan fingerprint density at radius 2 is 1.31 bits per heavy atom. The summed E-state index contributed by atoms with van der Waals surface area (Å²) in [6.45, 7) is 0. The smallest absolute Gasteiger partial charge is 0.388 e. The van der Waals surface area contributed by atoms with E-state index in [1.807, 2.05) is 0 Å². The van der Waals surface area contributed by atoms with Gasteiger partial charge in [-0.25, -0.2) is 4.98 Å². The van der Waals surface area contributed by atoms with Crippen molar-refractivity contribution in [1.29, 1.82) is 0 Å². The summed E-state index contributed by atoms with van der Waals surface area (Å²) in [6, 6.07) is 1.02. The van der Waals surface area contributed by atoms with E-state index in [9.17, 15) is 26.3 Å². The normalized spacial score (nSPS) is 12.7. The van der Waals surface area contributed by atoms with Gasteiger partial charge in [-0.1, -0.05) is 0 Å². The van der Waals surface area contributed by atoms with Gasteiger partial charge >= 0.3 is 12.4 Å². The molecule has 16 heavy (non-hydrogen) atoms. The lowest BCUT2D eigenvalue weighted by atomic mass is 10.2. The molecule has 0 bridgehead atoms. The lowest BCUT2D eigenvalue weighted by Crippen LogP contribution is -2.15. The number of pyridine rings is 1. The Hall–Kier alpha value is -1.47. The van der Waals surface area contributed by atoms with Crippen molar-refractivity contribution in [3.63, 3.8) is 0 Å². The minimum absolute atomic E-state index is 0.297. The Kier molecular flexibility index (Phi) is 3.02. The Balaban J connectivity index is 3.33. The number of nitrogens with one attached hydrogen (secondary N) is 1. The van der Waals surface area contributed by atoms with Crippen LogP contribution < -0.4 is 5.32 Å². The van der Waals surface area contributed by atoms with Gasteiger partial charge in [-0.15, -0.1) is 0 Å². The molecule has 0 saturated carbocycles. The van der Waals surface area contributed by atoms with Gasteiger partial charge in [-0.05, 0) is 12.1 Å². The van der Waals surface area contributed by atoms with Gasteiger partial charge in [0, 0.05) is 12.7 Å². The highest BCUT2D eigenvalue weighted by Crippen LogP contribution is 2.34. The van der Waals surface area contributed by atoms with Gasteiger partial charge in [0.15, 0.2) is 0 Å². The number of hydrogen-bond donors (Lipinski definition) is 1. The fraction of sp³-hybridized carbons (Fsp3) is 0.375. The van der Waals surface area contributed by atoms with Crippen LogP contribution >= 0.6 is 0 Å². The fourth-order valence-corrected chi connectivity index (χ4v) is 0.965. The molecule has 0 aliphatic carbocycles. The predicted octanol–water partition coefficient (Wildman–Crippen LogP) is 3.16. The quantitative estimate of drug-likeness (QED) is 0.767. The molecular formula is C8H6F6N2. The molecule has 0 aliphatic heterocycles. The molecule has 1 N–H and O–H groups in total. The zero-order valence-corrected chi connectivity index (χ0v) is 7.87. The number of halogens is 6. The summed E-state index contributed by atoms with van der Waals surface area (Å²) in [7, 11) is 1.22. The van der Waals surface area contributed by atoms with Gasteiger partial charge in [0.25, 0.3) is 0 Å². The first-order chi connectivity index (χ1) is 7.14. The van der Waals surface area contributed by atoms with Gasteiger partial charge in [-0.2, -0.15) is 26.3 Å². The molecule has 1 aromatic rings. The van der Waals surface area contributed by atoms with E-state index in [1.165, 1.54) is 7.05 Å². The van der Waals surface area contributed by atoms with Crippen molar-refractivity contribution in [2.24, 2.45) is 0 Å². The number of anilines is 1. The van der Waals surface area contributed by atoms with E-state index < -0.39 is 23.7 Å². The van der Waals surface area contributed by atoms with Crippen LogP contribution in [-0.2, 0) is 12.4 Å². The van der Waals surface area contributed by atoms with E-state index in [4.69, 9.17) is 0 Å². The molecule has 1 heterocycles. The van der Waals surface area contributed by atoms with Crippen LogP contribution in [0, 0.1) is 0 Å². The average Bonchev–Trinajstić information content (AvgIpc) is 2.14. The molecule has 0 amide bonds. The zero-order chi connectivity index (χ0) is 12.6. The molecule has 0 saturated heterocycles. The van der Waals surface area contributed by atoms with Crippen LogP contribution in [0.3, 0.4) is 0 Å². The molecule has 0 radical (unpaired) electrons. The van der Waals surface area contributed by atoms with E-state index in [0.29, 0.717) is 12.1 Å². The van der Waals surface area contributed by atoms with Gasteiger partial charge in [0.05, 0.1) is 0 Å². The van der Waals surface area contributed by atoms with Gasteiger partial charge in [-0.3, -0.25) is 0 Å². The number of nitrogens with zero attached hydrogens (tertiary/aromatic N) is 1. The fourth-order valence-electron chi connectivity index (χ4n) is 0.965. The molecule has 0 unspecified atom stereocenters. The van der Waals surface area contributed by atoms with Crippen molar-refractivity contribution in [2.75, 3.05) is 12.4 Å². The van der Waals surface area contributed by atoms with Crippen LogP contribution in [0.1, 0.15) is 11.4 Å². The Bertz CT molecular complexity index is 349. The highest BCUT2D eigenvalue weighted by Gasteiger charge is 2.38. The molecule has 0 aromatic carbocycles. The van der Waals surface area contributed by atoms with Gasteiger partial charge in [0.1, 0.15) is 11.4 Å². The summed E-state index contributed by atoms with van der Waals surface area (Å²) in [5.74, 6) is 0. The highest BCUT2D eigenvalue weighted by atomic mass is 19.4. The van der Waals surface area contributed by atoms with Crippen molar-refractivity contribution in [3.05, 3.63) is 23.5 Å². The molecule has 1 rings (SSSR count). The topological polar surface area (TPSA) is 24.9 Å². The van der Waals surface area contributed by atoms with Gasteiger partial charge < -0.3 is 5.32 Å². The summed E-state index contributed by atoms with van der Waals surface area (Å²) >= 11 is 0. The summed E-state index contributed by atoms with van der Waals surface area (Å²) in [4.78, 5) is 2.53. The minimum atomic E-state index is -4.91. The number of alkyl halides is 6. The van der Waals surface area contributed by atoms with E-state index in [0.717, 1.165) is 0 Å². The first-order valence-corrected chi connectivity index (χ1v) is 3.99. The number of rotatable bonds is 1. The van der Waals surface area contributed by atoms with Crippen molar-refractivity contribution in [3.8, 4) is 0 Å². The number of hydrogen-bond acceptors (Lipinski definition) is 2. The second kappa shape index (κ2) is 3.84. The summed E-state index contributed by atoms with van der Waals surface area (Å²) in [6.07, 6.45) is -9.82. The minimum Gasteiger partial charge on any atom is -0.388 e. The van der Waals surface area contributed by atoms with Gasteiger partial charge in [0.2, 0.25) is 0 Å². The van der Waals surface area contributed by atoms with Crippen LogP contribution in [-0.4, -0.2) is 12.0 Å². The SMILES string of the molecule is CNc1cc(C(F)(F)F)nc(C(F)(F)F)c1. The Labute approximate surface area is 86.3 Å². The lowest BCUT2D eigenvalue weighted by Gasteiger charge is -2.12. The largest absolute Gasteiger partial charge is 0.433 e. The predicted molar refractivity (Wildman–Crippen MR) is 43.8 cm³/mol. The molecule has 90 valence electrons. The maximum absolute atomic E-state index is 12.2. The van der Waals surface area contributed by atoms with E-state index >= 15 is 0 Å². The molecule has 0 atom stereocenters. The Morgan fingerprint density at radius 1 is 0.938 bits per heavy atom. The van der Waals surface area contributed by atoms with E-state index in [1.54, 1.807) is 0 Å². The van der Waals surface area contributed by atoms with Crippen molar-refractivity contribution >= 4 is 5.69 Å². The molecule has 0 spiro atoms. The molecule has 0 aliphatic rings. The first kappa shape index (κ1) is 12.6. The molecule has 0 fully saturated rings. The van der Waals surface area contributed by atoms with Crippen LogP contribution in [0.25, 0.3) is 0 Å². The van der Waals surface area contributed by atoms with Crippen molar-refractivity contribution < 1.29 is 26.3 Å². The lowest BCUT2D eigenvalue weighted by molar-refractivity contribution is -0.150. The van der Waals surface area contributed by atoms with Crippen molar-refractivity contribution in [1.82, 2.24) is 4.98 Å². The molecule has 2 nitrogen and oxygen atoms in total. The number of aromatic nitrogens is 1. The summed E-state index contributed by atoms with van der Waals surface area (Å²) < 4.78 is 73.3. The molecule has 8 heteroatoms. The van der Waals surface area contributed by atoms with Crippen LogP contribution in [0.4, 0.5) is 32.0 Å². The summed E-state index contributed by atoms with van der Waals surface area (Å²) in [5.41, 5.74) is -3.45. The second-order valence-electron chi connectivity index (χ2n) is 2.87. The monoisotopic (exact) mass is 244 g/mol. The van der Waals surface area contributed by atoms with Crippen LogP contribution in [0.2, 0.25) is 0 Å². The Morgan fingerprint density at radius 3 is 1.56 bits per heavy atom. The van der Waals surface area contributed by atoms with Crippen molar-refractivity contribution in [2.45, 2.75) is 12.4 Å². The van der Waals surface area contributed by atoms with Crippen LogP contribution in [0.15, 0.2) is 12.1 Å². The molecule has 1 aromatic heterocycles.